The number of ether oxygens (including phenoxy) is 1. The molecule has 1 saturated carbocycles. The number of rotatable bonds is 3. The number of hydrogen-bond donors (Lipinski definition) is 1. The predicted octanol–water partition coefficient (Wildman–Crippen LogP) is 0.766. The number of carbonyl (C=O) groups excluding carboxylic acids is 1. The smallest absolute Gasteiger partial charge is 0.248 e. The van der Waals surface area contributed by atoms with Gasteiger partial charge in [0.1, 0.15) is 6.61 Å². The van der Waals surface area contributed by atoms with E-state index >= 15 is 0 Å². The van der Waals surface area contributed by atoms with Crippen LogP contribution in [0.25, 0.3) is 0 Å². The second-order valence-corrected chi connectivity index (χ2v) is 5.64. The normalized spacial score (nSPS) is 33.3. The van der Waals surface area contributed by atoms with Crippen molar-refractivity contribution >= 4 is 5.91 Å². The molecule has 4 heteroatoms. The van der Waals surface area contributed by atoms with Crippen molar-refractivity contribution in [3.63, 3.8) is 0 Å². The minimum atomic E-state index is 0.218. The van der Waals surface area contributed by atoms with Crippen LogP contribution in [-0.2, 0) is 9.53 Å². The van der Waals surface area contributed by atoms with Crippen LogP contribution in [0.5, 0.6) is 0 Å². The molecule has 2 atom stereocenters. The van der Waals surface area contributed by atoms with Crippen molar-refractivity contribution in [3.05, 3.63) is 0 Å². The van der Waals surface area contributed by atoms with E-state index in [1.807, 2.05) is 0 Å². The summed E-state index contributed by atoms with van der Waals surface area (Å²) in [6, 6.07) is 0.532. The number of amides is 1. The zero-order valence-corrected chi connectivity index (χ0v) is 10.4. The zero-order chi connectivity index (χ0) is 11.7. The van der Waals surface area contributed by atoms with E-state index in [-0.39, 0.29) is 5.91 Å². The molecule has 17 heavy (non-hydrogen) atoms. The Morgan fingerprint density at radius 2 is 2.06 bits per heavy atom. The largest absolute Gasteiger partial charge is 0.368 e. The van der Waals surface area contributed by atoms with Crippen LogP contribution < -0.4 is 5.32 Å². The molecule has 2 heterocycles. The molecule has 4 nitrogen and oxygen atoms in total. The van der Waals surface area contributed by atoms with Gasteiger partial charge in [0.05, 0.1) is 6.10 Å². The summed E-state index contributed by atoms with van der Waals surface area (Å²) in [6.45, 7) is 3.33. The Balaban J connectivity index is 1.44. The number of carbonyl (C=O) groups is 1. The highest BCUT2D eigenvalue weighted by Crippen LogP contribution is 2.37. The Kier molecular flexibility index (Phi) is 3.34. The lowest BCUT2D eigenvalue weighted by atomic mass is 10.1. The van der Waals surface area contributed by atoms with E-state index in [9.17, 15) is 4.79 Å². The van der Waals surface area contributed by atoms with Crippen molar-refractivity contribution in [2.45, 2.75) is 44.2 Å². The molecule has 2 aliphatic heterocycles. The lowest BCUT2D eigenvalue weighted by Gasteiger charge is -2.28. The van der Waals surface area contributed by atoms with Gasteiger partial charge >= 0.3 is 0 Å². The number of hydrogen-bond acceptors (Lipinski definition) is 3. The third kappa shape index (κ3) is 2.47. The highest BCUT2D eigenvalue weighted by molar-refractivity contribution is 5.78. The molecule has 0 radical (unpaired) electrons. The van der Waals surface area contributed by atoms with Crippen molar-refractivity contribution in [3.8, 4) is 0 Å². The predicted molar refractivity (Wildman–Crippen MR) is 64.7 cm³/mol. The molecular weight excluding hydrogens is 216 g/mol. The first kappa shape index (κ1) is 11.5. The van der Waals surface area contributed by atoms with Crippen LogP contribution in [0.4, 0.5) is 0 Å². The fourth-order valence-electron chi connectivity index (χ4n) is 3.46. The Hall–Kier alpha value is -0.610. The van der Waals surface area contributed by atoms with Crippen LogP contribution >= 0.6 is 0 Å². The first-order valence-corrected chi connectivity index (χ1v) is 6.94. The van der Waals surface area contributed by atoms with Gasteiger partial charge in [0.15, 0.2) is 0 Å². The third-order valence-corrected chi connectivity index (χ3v) is 4.46. The third-order valence-electron chi connectivity index (χ3n) is 4.46. The van der Waals surface area contributed by atoms with E-state index in [4.69, 9.17) is 4.74 Å². The number of nitrogens with zero attached hydrogens (tertiary/aromatic N) is 1. The maximum Gasteiger partial charge on any atom is 0.248 e. The van der Waals surface area contributed by atoms with Crippen molar-refractivity contribution in [2.24, 2.45) is 5.92 Å². The molecule has 0 aromatic heterocycles. The van der Waals surface area contributed by atoms with Crippen LogP contribution in [0, 0.1) is 5.92 Å². The molecule has 0 aromatic rings. The van der Waals surface area contributed by atoms with Gasteiger partial charge in [0.25, 0.3) is 0 Å². The number of fused-ring (bicyclic) bond motifs is 2. The fourth-order valence-corrected chi connectivity index (χ4v) is 3.46. The molecule has 2 bridgehead atoms. The zero-order valence-electron chi connectivity index (χ0n) is 10.4. The summed E-state index contributed by atoms with van der Waals surface area (Å²) < 4.78 is 5.73. The van der Waals surface area contributed by atoms with Crippen LogP contribution in [0.1, 0.15) is 32.1 Å². The first-order valence-electron chi connectivity index (χ1n) is 6.94. The Morgan fingerprint density at radius 3 is 2.71 bits per heavy atom. The summed E-state index contributed by atoms with van der Waals surface area (Å²) in [6.07, 6.45) is 6.14. The molecule has 2 unspecified atom stereocenters. The van der Waals surface area contributed by atoms with Gasteiger partial charge in [-0.1, -0.05) is 0 Å². The van der Waals surface area contributed by atoms with Gasteiger partial charge in [-0.2, -0.15) is 0 Å². The van der Waals surface area contributed by atoms with Crippen LogP contribution in [0.3, 0.4) is 0 Å². The lowest BCUT2D eigenvalue weighted by Crippen LogP contribution is -2.41. The monoisotopic (exact) mass is 238 g/mol. The molecule has 96 valence electrons. The van der Waals surface area contributed by atoms with E-state index in [2.05, 4.69) is 10.2 Å². The Morgan fingerprint density at radius 1 is 1.24 bits per heavy atom. The van der Waals surface area contributed by atoms with Gasteiger partial charge in [-0.05, 0) is 51.1 Å². The minimum Gasteiger partial charge on any atom is -0.368 e. The van der Waals surface area contributed by atoms with E-state index in [0.29, 0.717) is 18.8 Å². The van der Waals surface area contributed by atoms with Gasteiger partial charge in [-0.3, -0.25) is 4.79 Å². The van der Waals surface area contributed by atoms with E-state index < -0.39 is 0 Å². The second-order valence-electron chi connectivity index (χ2n) is 5.64. The van der Waals surface area contributed by atoms with E-state index in [0.717, 1.165) is 38.4 Å². The molecule has 0 spiro atoms. The standard InChI is InChI=1S/C13H22N2O2/c16-13(9-17-12-3-5-14-6-4-12)15-8-10-1-2-11(15)7-10/h10-12,14H,1-9H2. The van der Waals surface area contributed by atoms with Gasteiger partial charge in [-0.25, -0.2) is 0 Å². The topological polar surface area (TPSA) is 41.6 Å². The van der Waals surface area contributed by atoms with Crippen LogP contribution in [0.15, 0.2) is 0 Å². The number of piperidine rings is 2. The molecule has 3 fully saturated rings. The summed E-state index contributed by atoms with van der Waals surface area (Å²) in [4.78, 5) is 14.1. The summed E-state index contributed by atoms with van der Waals surface area (Å²) in [5.41, 5.74) is 0. The number of likely N-dealkylation sites (tertiary alicyclic amines) is 1. The molecular formula is C13H22N2O2. The quantitative estimate of drug-likeness (QED) is 0.789. The molecule has 3 rings (SSSR count). The SMILES string of the molecule is O=C(COC1CCNCC1)N1CC2CCC1C2. The molecule has 1 amide bonds. The van der Waals surface area contributed by atoms with Gasteiger partial charge < -0.3 is 15.0 Å². The fraction of sp³-hybridized carbons (Fsp3) is 0.923. The highest BCUT2D eigenvalue weighted by atomic mass is 16.5. The van der Waals surface area contributed by atoms with Crippen molar-refractivity contribution in [2.75, 3.05) is 26.2 Å². The van der Waals surface area contributed by atoms with E-state index in [1.54, 1.807) is 0 Å². The van der Waals surface area contributed by atoms with Crippen LogP contribution in [-0.4, -0.2) is 49.2 Å². The van der Waals surface area contributed by atoms with Gasteiger partial charge in [-0.15, -0.1) is 0 Å². The summed E-state index contributed by atoms with van der Waals surface area (Å²) >= 11 is 0. The average Bonchev–Trinajstić information content (AvgIpc) is 2.99. The van der Waals surface area contributed by atoms with Crippen molar-refractivity contribution < 1.29 is 9.53 Å². The molecule has 3 aliphatic rings. The van der Waals surface area contributed by atoms with Crippen molar-refractivity contribution in [1.82, 2.24) is 10.2 Å². The second kappa shape index (κ2) is 4.94. The molecule has 2 saturated heterocycles. The summed E-state index contributed by atoms with van der Waals surface area (Å²) in [5.74, 6) is 0.999. The maximum atomic E-state index is 12.1. The molecule has 1 aliphatic carbocycles. The average molecular weight is 238 g/mol. The Labute approximate surface area is 103 Å². The maximum absolute atomic E-state index is 12.1. The summed E-state index contributed by atoms with van der Waals surface area (Å²) in [5, 5.41) is 3.30. The van der Waals surface area contributed by atoms with E-state index in [1.165, 1.54) is 19.3 Å². The molecule has 1 N–H and O–H groups in total. The highest BCUT2D eigenvalue weighted by Gasteiger charge is 2.40. The Bertz CT molecular complexity index is 289. The lowest BCUT2D eigenvalue weighted by molar-refractivity contribution is -0.140. The summed E-state index contributed by atoms with van der Waals surface area (Å²) in [7, 11) is 0. The van der Waals surface area contributed by atoms with Crippen LogP contribution in [0.2, 0.25) is 0 Å². The minimum absolute atomic E-state index is 0.218. The number of nitrogens with one attached hydrogen (secondary N) is 1. The van der Waals surface area contributed by atoms with Gasteiger partial charge in [0, 0.05) is 12.6 Å². The first-order chi connectivity index (χ1) is 8.33. The van der Waals surface area contributed by atoms with Crippen molar-refractivity contribution in [1.29, 1.82) is 0 Å². The van der Waals surface area contributed by atoms with Gasteiger partial charge in [0.2, 0.25) is 5.91 Å². The molecule has 0 aromatic carbocycles.